The molecule has 0 spiro atoms. The fraction of sp³-hybridized carbons (Fsp3) is 0.538. The minimum Gasteiger partial charge on any atom is -0.493 e. The number of rotatable bonds is 4. The molecule has 2 rings (SSSR count). The smallest absolute Gasteiger partial charge is 0.164 e. The summed E-state index contributed by atoms with van der Waals surface area (Å²) in [5.74, 6) is 0.380. The van der Waals surface area contributed by atoms with E-state index < -0.39 is 11.4 Å². The fourth-order valence-corrected chi connectivity index (χ4v) is 1.79. The van der Waals surface area contributed by atoms with Gasteiger partial charge in [-0.25, -0.2) is 4.39 Å². The Labute approximate surface area is 100 Å². The molecular formula is C13H17FO3. The lowest BCUT2D eigenvalue weighted by molar-refractivity contribution is 0.145. The van der Waals surface area contributed by atoms with Crippen LogP contribution in [-0.4, -0.2) is 18.3 Å². The molecule has 0 saturated heterocycles. The van der Waals surface area contributed by atoms with Gasteiger partial charge in [-0.3, -0.25) is 0 Å². The lowest BCUT2D eigenvalue weighted by Gasteiger charge is -2.17. The Morgan fingerprint density at radius 1 is 1.29 bits per heavy atom. The molecule has 1 aromatic rings. The summed E-state index contributed by atoms with van der Waals surface area (Å²) in [6.07, 6.45) is 1.13. The lowest BCUT2D eigenvalue weighted by atomic mass is 10.1. The van der Waals surface area contributed by atoms with Gasteiger partial charge in [0.25, 0.3) is 0 Å². The summed E-state index contributed by atoms with van der Waals surface area (Å²) in [4.78, 5) is 0. The maximum Gasteiger partial charge on any atom is 0.164 e. The molecule has 1 aliphatic carbocycles. The maximum atomic E-state index is 13.9. The molecule has 0 heterocycles. The predicted molar refractivity (Wildman–Crippen MR) is 61.8 cm³/mol. The van der Waals surface area contributed by atoms with Crippen molar-refractivity contribution in [2.45, 2.75) is 38.4 Å². The summed E-state index contributed by atoms with van der Waals surface area (Å²) >= 11 is 0. The van der Waals surface area contributed by atoms with E-state index in [1.54, 1.807) is 0 Å². The van der Waals surface area contributed by atoms with E-state index in [0.717, 1.165) is 0 Å². The predicted octanol–water partition coefficient (Wildman–Crippen LogP) is 2.60. The standard InChI is InChI=1S/C13H17FO3/c1-8(2)17-12-7-10(14)9(6-11(12)16-3)13(15)4-5-13/h6-8,15H,4-5H2,1-3H3. The van der Waals surface area contributed by atoms with Gasteiger partial charge in [-0.05, 0) is 32.8 Å². The van der Waals surface area contributed by atoms with Gasteiger partial charge in [-0.15, -0.1) is 0 Å². The van der Waals surface area contributed by atoms with Crippen LogP contribution in [0, 0.1) is 5.82 Å². The lowest BCUT2D eigenvalue weighted by Crippen LogP contribution is -2.11. The van der Waals surface area contributed by atoms with Gasteiger partial charge in [-0.2, -0.15) is 0 Å². The van der Waals surface area contributed by atoms with Crippen molar-refractivity contribution in [3.05, 3.63) is 23.5 Å². The van der Waals surface area contributed by atoms with Crippen LogP contribution in [0.4, 0.5) is 4.39 Å². The quantitative estimate of drug-likeness (QED) is 0.879. The van der Waals surface area contributed by atoms with Gasteiger partial charge in [-0.1, -0.05) is 0 Å². The Balaban J connectivity index is 2.39. The summed E-state index contributed by atoms with van der Waals surface area (Å²) < 4.78 is 24.5. The van der Waals surface area contributed by atoms with E-state index in [1.807, 2.05) is 13.8 Å². The molecule has 1 aromatic carbocycles. The van der Waals surface area contributed by atoms with Crippen LogP contribution in [0.25, 0.3) is 0 Å². The third-order valence-corrected chi connectivity index (χ3v) is 2.84. The molecular weight excluding hydrogens is 223 g/mol. The van der Waals surface area contributed by atoms with Crippen molar-refractivity contribution in [1.82, 2.24) is 0 Å². The molecule has 0 radical (unpaired) electrons. The van der Waals surface area contributed by atoms with Gasteiger partial charge >= 0.3 is 0 Å². The maximum absolute atomic E-state index is 13.9. The molecule has 17 heavy (non-hydrogen) atoms. The van der Waals surface area contributed by atoms with Gasteiger partial charge in [0.05, 0.1) is 18.8 Å². The molecule has 0 amide bonds. The van der Waals surface area contributed by atoms with E-state index in [0.29, 0.717) is 29.9 Å². The van der Waals surface area contributed by atoms with E-state index in [4.69, 9.17) is 9.47 Å². The summed E-state index contributed by atoms with van der Waals surface area (Å²) in [6.45, 7) is 3.72. The molecule has 1 saturated carbocycles. The molecule has 3 nitrogen and oxygen atoms in total. The number of halogens is 1. The number of methoxy groups -OCH3 is 1. The summed E-state index contributed by atoms with van der Waals surface area (Å²) in [5.41, 5.74) is -0.710. The molecule has 1 aliphatic rings. The summed E-state index contributed by atoms with van der Waals surface area (Å²) in [7, 11) is 1.50. The topological polar surface area (TPSA) is 38.7 Å². The van der Waals surface area contributed by atoms with Crippen LogP contribution in [-0.2, 0) is 5.60 Å². The molecule has 0 aliphatic heterocycles. The van der Waals surface area contributed by atoms with Gasteiger partial charge in [0.1, 0.15) is 5.82 Å². The molecule has 1 N–H and O–H groups in total. The van der Waals surface area contributed by atoms with Crippen molar-refractivity contribution < 1.29 is 19.0 Å². The van der Waals surface area contributed by atoms with Crippen molar-refractivity contribution in [1.29, 1.82) is 0 Å². The summed E-state index contributed by atoms with van der Waals surface area (Å²) in [6, 6.07) is 2.81. The molecule has 4 heteroatoms. The average Bonchev–Trinajstić information content (AvgIpc) is 2.96. The van der Waals surface area contributed by atoms with Crippen LogP contribution in [0.3, 0.4) is 0 Å². The normalized spacial score (nSPS) is 17.1. The Bertz CT molecular complexity index is 425. The van der Waals surface area contributed by atoms with Gasteiger partial charge < -0.3 is 14.6 Å². The van der Waals surface area contributed by atoms with Crippen LogP contribution in [0.2, 0.25) is 0 Å². The first-order valence-electron chi connectivity index (χ1n) is 5.73. The van der Waals surface area contributed by atoms with Crippen molar-refractivity contribution >= 4 is 0 Å². The van der Waals surface area contributed by atoms with Crippen molar-refractivity contribution in [3.63, 3.8) is 0 Å². The Hall–Kier alpha value is -1.29. The first kappa shape index (κ1) is 12.2. The van der Waals surface area contributed by atoms with Crippen molar-refractivity contribution in [3.8, 4) is 11.5 Å². The second-order valence-corrected chi connectivity index (χ2v) is 4.68. The second kappa shape index (κ2) is 4.18. The Morgan fingerprint density at radius 3 is 2.41 bits per heavy atom. The molecule has 0 atom stereocenters. The monoisotopic (exact) mass is 240 g/mol. The highest BCUT2D eigenvalue weighted by Crippen LogP contribution is 2.48. The second-order valence-electron chi connectivity index (χ2n) is 4.68. The first-order valence-corrected chi connectivity index (χ1v) is 5.73. The zero-order chi connectivity index (χ0) is 12.6. The van der Waals surface area contributed by atoms with Crippen LogP contribution in [0.5, 0.6) is 11.5 Å². The SMILES string of the molecule is COc1cc(C2(O)CC2)c(F)cc1OC(C)C. The van der Waals surface area contributed by atoms with E-state index in [-0.39, 0.29) is 6.10 Å². The van der Waals surface area contributed by atoms with E-state index in [2.05, 4.69) is 0 Å². The minimum atomic E-state index is -1.01. The average molecular weight is 240 g/mol. The first-order chi connectivity index (χ1) is 7.96. The number of hydrogen-bond donors (Lipinski definition) is 1. The molecule has 0 unspecified atom stereocenters. The van der Waals surface area contributed by atoms with Gasteiger partial charge in [0, 0.05) is 11.6 Å². The van der Waals surface area contributed by atoms with Crippen molar-refractivity contribution in [2.75, 3.05) is 7.11 Å². The summed E-state index contributed by atoms with van der Waals surface area (Å²) in [5, 5.41) is 9.94. The number of aliphatic hydroxyl groups is 1. The van der Waals surface area contributed by atoms with Crippen LogP contribution in [0.1, 0.15) is 32.3 Å². The number of hydrogen-bond acceptors (Lipinski definition) is 3. The van der Waals surface area contributed by atoms with E-state index in [1.165, 1.54) is 19.2 Å². The molecule has 0 bridgehead atoms. The number of ether oxygens (including phenoxy) is 2. The highest BCUT2D eigenvalue weighted by molar-refractivity contribution is 5.46. The van der Waals surface area contributed by atoms with Crippen LogP contribution >= 0.6 is 0 Å². The van der Waals surface area contributed by atoms with Crippen LogP contribution < -0.4 is 9.47 Å². The molecule has 0 aromatic heterocycles. The largest absolute Gasteiger partial charge is 0.493 e. The van der Waals surface area contributed by atoms with Crippen LogP contribution in [0.15, 0.2) is 12.1 Å². The zero-order valence-corrected chi connectivity index (χ0v) is 10.3. The highest BCUT2D eigenvalue weighted by Gasteiger charge is 2.44. The van der Waals surface area contributed by atoms with Crippen molar-refractivity contribution in [2.24, 2.45) is 0 Å². The fourth-order valence-electron chi connectivity index (χ4n) is 1.79. The Morgan fingerprint density at radius 2 is 1.94 bits per heavy atom. The molecule has 1 fully saturated rings. The van der Waals surface area contributed by atoms with E-state index in [9.17, 15) is 9.50 Å². The Kier molecular flexibility index (Phi) is 3.00. The zero-order valence-electron chi connectivity index (χ0n) is 10.3. The molecule has 94 valence electrons. The van der Waals surface area contributed by atoms with Gasteiger partial charge in [0.15, 0.2) is 11.5 Å². The minimum absolute atomic E-state index is 0.0573. The third kappa shape index (κ3) is 2.36. The van der Waals surface area contributed by atoms with E-state index >= 15 is 0 Å². The number of benzene rings is 1. The highest BCUT2D eigenvalue weighted by atomic mass is 19.1. The van der Waals surface area contributed by atoms with Gasteiger partial charge in [0.2, 0.25) is 0 Å². The third-order valence-electron chi connectivity index (χ3n) is 2.84.